The first-order valence-corrected chi connectivity index (χ1v) is 12.8. The summed E-state index contributed by atoms with van der Waals surface area (Å²) in [6.45, 7) is 3.65. The Morgan fingerprint density at radius 1 is 0.923 bits per heavy atom. The number of nitrogens with two attached hydrogens (primary N) is 1. The maximum atomic E-state index is 12.9. The lowest BCUT2D eigenvalue weighted by molar-refractivity contribution is 0.0628. The largest absolute Gasteiger partial charge is 0.383 e. The van der Waals surface area contributed by atoms with Crippen LogP contribution in [0.2, 0.25) is 0 Å². The van der Waals surface area contributed by atoms with E-state index in [0.717, 1.165) is 42.0 Å². The Balaban J connectivity index is 1.17. The topological polar surface area (TPSA) is 117 Å². The minimum absolute atomic E-state index is 0.0256. The number of pyridine rings is 2. The fourth-order valence-corrected chi connectivity index (χ4v) is 4.97. The van der Waals surface area contributed by atoms with E-state index in [1.807, 2.05) is 33.7 Å². The SMILES string of the molecule is N#Cc1cccc(C(=O)N2CCN(Cc3ccc(-n4c(-c5cccnc5N)nc5cccnc54)cc3)CC2)c1. The van der Waals surface area contributed by atoms with Gasteiger partial charge in [0.15, 0.2) is 11.5 Å². The molecule has 1 saturated heterocycles. The molecule has 0 atom stereocenters. The summed E-state index contributed by atoms with van der Waals surface area (Å²) in [5.74, 6) is 1.09. The summed E-state index contributed by atoms with van der Waals surface area (Å²) >= 11 is 0. The Kier molecular flexibility index (Phi) is 6.45. The van der Waals surface area contributed by atoms with E-state index < -0.39 is 0 Å². The van der Waals surface area contributed by atoms with Crippen LogP contribution in [0.1, 0.15) is 21.5 Å². The van der Waals surface area contributed by atoms with Crippen LogP contribution < -0.4 is 5.73 Å². The monoisotopic (exact) mass is 514 g/mol. The van der Waals surface area contributed by atoms with E-state index >= 15 is 0 Å². The van der Waals surface area contributed by atoms with E-state index in [1.165, 1.54) is 5.56 Å². The van der Waals surface area contributed by atoms with Gasteiger partial charge in [0.25, 0.3) is 5.91 Å². The molecule has 1 aliphatic heterocycles. The quantitative estimate of drug-likeness (QED) is 0.378. The first kappa shape index (κ1) is 24.3. The molecule has 0 spiro atoms. The van der Waals surface area contributed by atoms with Gasteiger partial charge < -0.3 is 10.6 Å². The van der Waals surface area contributed by atoms with Gasteiger partial charge in [-0.05, 0) is 60.2 Å². The minimum Gasteiger partial charge on any atom is -0.383 e. The average molecular weight is 515 g/mol. The number of amides is 1. The van der Waals surface area contributed by atoms with Gasteiger partial charge in [0.05, 0.1) is 17.2 Å². The second-order valence-electron chi connectivity index (χ2n) is 9.48. The van der Waals surface area contributed by atoms with Crippen molar-refractivity contribution in [2.24, 2.45) is 0 Å². The second kappa shape index (κ2) is 10.4. The standard InChI is InChI=1S/C30H26N8O/c31-19-22-4-1-5-23(18-22)30(39)37-16-14-36(15-17-37)20-21-8-10-24(11-9-21)38-28(25-6-2-12-33-27(25)32)35-26-7-3-13-34-29(26)38/h1-13,18H,14-17,20H2,(H2,32,33). The molecule has 2 aromatic carbocycles. The molecule has 0 aliphatic carbocycles. The van der Waals surface area contributed by atoms with Crippen molar-refractivity contribution in [3.8, 4) is 23.1 Å². The smallest absolute Gasteiger partial charge is 0.253 e. The van der Waals surface area contributed by atoms with Gasteiger partial charge in [-0.2, -0.15) is 5.26 Å². The number of hydrogen-bond acceptors (Lipinski definition) is 7. The molecule has 4 heterocycles. The van der Waals surface area contributed by atoms with Crippen LogP contribution >= 0.6 is 0 Å². The number of carbonyl (C=O) groups excluding carboxylic acids is 1. The molecule has 192 valence electrons. The zero-order valence-electron chi connectivity index (χ0n) is 21.2. The Morgan fingerprint density at radius 3 is 2.46 bits per heavy atom. The molecule has 5 aromatic rings. The Bertz CT molecular complexity index is 1690. The number of benzene rings is 2. The van der Waals surface area contributed by atoms with E-state index in [-0.39, 0.29) is 5.91 Å². The molecule has 0 unspecified atom stereocenters. The highest BCUT2D eigenvalue weighted by atomic mass is 16.2. The van der Waals surface area contributed by atoms with Crippen LogP contribution in [-0.4, -0.2) is 61.4 Å². The summed E-state index contributed by atoms with van der Waals surface area (Å²) in [5, 5.41) is 9.13. The summed E-state index contributed by atoms with van der Waals surface area (Å²) in [7, 11) is 0. The number of piperazine rings is 1. The van der Waals surface area contributed by atoms with Gasteiger partial charge >= 0.3 is 0 Å². The Labute approximate surface area is 225 Å². The lowest BCUT2D eigenvalue weighted by atomic mass is 10.1. The van der Waals surface area contributed by atoms with Crippen LogP contribution in [0.15, 0.2) is 85.2 Å². The molecule has 0 saturated carbocycles. The maximum absolute atomic E-state index is 12.9. The van der Waals surface area contributed by atoms with E-state index in [0.29, 0.717) is 35.9 Å². The highest BCUT2D eigenvalue weighted by Gasteiger charge is 2.23. The third-order valence-electron chi connectivity index (χ3n) is 6.99. The zero-order chi connectivity index (χ0) is 26.8. The molecule has 3 aromatic heterocycles. The number of imidazole rings is 1. The van der Waals surface area contributed by atoms with E-state index in [2.05, 4.69) is 45.2 Å². The molecule has 9 nitrogen and oxygen atoms in total. The summed E-state index contributed by atoms with van der Waals surface area (Å²) in [6, 6.07) is 24.9. The fraction of sp³-hybridized carbons (Fsp3) is 0.167. The number of nitriles is 1. The van der Waals surface area contributed by atoms with Gasteiger partial charge in [-0.15, -0.1) is 0 Å². The first-order chi connectivity index (χ1) is 19.1. The van der Waals surface area contributed by atoms with Crippen molar-refractivity contribution in [1.82, 2.24) is 29.3 Å². The number of fused-ring (bicyclic) bond motifs is 1. The van der Waals surface area contributed by atoms with Crippen molar-refractivity contribution in [3.63, 3.8) is 0 Å². The molecule has 39 heavy (non-hydrogen) atoms. The number of rotatable bonds is 5. The van der Waals surface area contributed by atoms with Gasteiger partial charge in [-0.3, -0.25) is 14.3 Å². The van der Waals surface area contributed by atoms with Crippen LogP contribution in [0.3, 0.4) is 0 Å². The van der Waals surface area contributed by atoms with Gasteiger partial charge in [-0.25, -0.2) is 15.0 Å². The third kappa shape index (κ3) is 4.81. The van der Waals surface area contributed by atoms with Crippen LogP contribution in [-0.2, 0) is 6.54 Å². The Hall–Kier alpha value is -5.07. The van der Waals surface area contributed by atoms with Crippen LogP contribution in [0.4, 0.5) is 5.82 Å². The number of nitrogen functional groups attached to an aromatic ring is 1. The highest BCUT2D eigenvalue weighted by Crippen LogP contribution is 2.30. The number of aromatic nitrogens is 4. The van der Waals surface area contributed by atoms with Crippen molar-refractivity contribution < 1.29 is 4.79 Å². The van der Waals surface area contributed by atoms with Gasteiger partial charge in [0, 0.05) is 56.4 Å². The second-order valence-corrected chi connectivity index (χ2v) is 9.48. The van der Waals surface area contributed by atoms with Crippen molar-refractivity contribution in [2.75, 3.05) is 31.9 Å². The van der Waals surface area contributed by atoms with Crippen molar-refractivity contribution in [2.45, 2.75) is 6.54 Å². The summed E-state index contributed by atoms with van der Waals surface area (Å²) in [6.07, 6.45) is 3.43. The zero-order valence-corrected chi connectivity index (χ0v) is 21.2. The predicted octanol–water partition coefficient (Wildman–Crippen LogP) is 3.89. The third-order valence-corrected chi connectivity index (χ3v) is 6.99. The van der Waals surface area contributed by atoms with Gasteiger partial charge in [0.1, 0.15) is 11.3 Å². The lowest BCUT2D eigenvalue weighted by Crippen LogP contribution is -2.48. The first-order valence-electron chi connectivity index (χ1n) is 12.8. The molecule has 1 fully saturated rings. The summed E-state index contributed by atoms with van der Waals surface area (Å²) < 4.78 is 2.01. The molecule has 2 N–H and O–H groups in total. The number of anilines is 1. The summed E-state index contributed by atoms with van der Waals surface area (Å²) in [4.78, 5) is 30.7. The molecule has 9 heteroatoms. The predicted molar refractivity (Wildman–Crippen MR) is 149 cm³/mol. The molecular formula is C30H26N8O. The van der Waals surface area contributed by atoms with Crippen LogP contribution in [0.5, 0.6) is 0 Å². The average Bonchev–Trinajstić information content (AvgIpc) is 3.37. The number of hydrogen-bond donors (Lipinski definition) is 1. The van der Waals surface area contributed by atoms with E-state index in [1.54, 1.807) is 36.7 Å². The van der Waals surface area contributed by atoms with Crippen LogP contribution in [0.25, 0.3) is 28.2 Å². The van der Waals surface area contributed by atoms with Crippen molar-refractivity contribution in [3.05, 3.63) is 102 Å². The maximum Gasteiger partial charge on any atom is 0.253 e. The van der Waals surface area contributed by atoms with E-state index in [9.17, 15) is 4.79 Å². The molecule has 0 radical (unpaired) electrons. The highest BCUT2D eigenvalue weighted by molar-refractivity contribution is 5.94. The molecular weight excluding hydrogens is 488 g/mol. The molecule has 1 aliphatic rings. The number of carbonyl (C=O) groups is 1. The van der Waals surface area contributed by atoms with Crippen molar-refractivity contribution in [1.29, 1.82) is 5.26 Å². The van der Waals surface area contributed by atoms with Crippen LogP contribution in [0, 0.1) is 11.3 Å². The van der Waals surface area contributed by atoms with Gasteiger partial charge in [-0.1, -0.05) is 18.2 Å². The van der Waals surface area contributed by atoms with Gasteiger partial charge in [0.2, 0.25) is 0 Å². The molecule has 1 amide bonds. The normalized spacial score (nSPS) is 13.9. The fourth-order valence-electron chi connectivity index (χ4n) is 4.97. The molecule has 0 bridgehead atoms. The summed E-state index contributed by atoms with van der Waals surface area (Å²) in [5.41, 5.74) is 11.7. The Morgan fingerprint density at radius 2 is 1.69 bits per heavy atom. The van der Waals surface area contributed by atoms with Crippen molar-refractivity contribution >= 4 is 22.9 Å². The molecule has 6 rings (SSSR count). The number of nitrogens with zero attached hydrogens (tertiary/aromatic N) is 7. The minimum atomic E-state index is -0.0256. The lowest BCUT2D eigenvalue weighted by Gasteiger charge is -2.34. The van der Waals surface area contributed by atoms with E-state index in [4.69, 9.17) is 16.0 Å².